The predicted molar refractivity (Wildman–Crippen MR) is 75.9 cm³/mol. The van der Waals surface area contributed by atoms with Crippen LogP contribution in [0.25, 0.3) is 0 Å². The van der Waals surface area contributed by atoms with Crippen molar-refractivity contribution < 1.29 is 13.2 Å². The van der Waals surface area contributed by atoms with E-state index in [4.69, 9.17) is 5.73 Å². The fraction of sp³-hybridized carbons (Fsp3) is 0.714. The van der Waals surface area contributed by atoms with Crippen molar-refractivity contribution in [1.82, 2.24) is 9.97 Å². The van der Waals surface area contributed by atoms with Gasteiger partial charge in [0.25, 0.3) is 0 Å². The number of hydrogen-bond acceptors (Lipinski definition) is 4. The summed E-state index contributed by atoms with van der Waals surface area (Å²) in [4.78, 5) is 9.31. The number of alkyl halides is 3. The lowest BCUT2D eigenvalue weighted by Crippen LogP contribution is -2.37. The zero-order valence-electron chi connectivity index (χ0n) is 12.3. The van der Waals surface area contributed by atoms with Crippen molar-refractivity contribution in [3.05, 3.63) is 11.8 Å². The molecule has 0 aliphatic heterocycles. The smallest absolute Gasteiger partial charge is 0.368 e. The highest BCUT2D eigenvalue weighted by Crippen LogP contribution is 2.33. The molecular weight excluding hydrogens is 281 g/mol. The maximum atomic E-state index is 12.9. The molecule has 1 aliphatic carbocycles. The summed E-state index contributed by atoms with van der Waals surface area (Å²) < 4.78 is 38.7. The minimum Gasteiger partial charge on any atom is -0.368 e. The van der Waals surface area contributed by atoms with E-state index < -0.39 is 11.9 Å². The maximum Gasteiger partial charge on any atom is 0.433 e. The number of nitrogen functional groups attached to an aromatic ring is 1. The number of anilines is 2. The molecule has 0 saturated heterocycles. The molecule has 1 heterocycles. The standard InChI is InChI=1S/C14H21F3N4/c1-9(2)8-21(10-5-3-4-6-10)12-7-11(14(15,16)17)19-13(18)20-12/h7,9-10H,3-6,8H2,1-2H3,(H2,18,19,20). The monoisotopic (exact) mass is 302 g/mol. The molecular formula is C14H21F3N4. The van der Waals surface area contributed by atoms with E-state index in [2.05, 4.69) is 9.97 Å². The highest BCUT2D eigenvalue weighted by Gasteiger charge is 2.35. The van der Waals surface area contributed by atoms with Gasteiger partial charge in [0.1, 0.15) is 5.82 Å². The first-order valence-corrected chi connectivity index (χ1v) is 7.25. The Morgan fingerprint density at radius 2 is 1.90 bits per heavy atom. The van der Waals surface area contributed by atoms with Crippen molar-refractivity contribution >= 4 is 11.8 Å². The van der Waals surface area contributed by atoms with Gasteiger partial charge in [0, 0.05) is 18.7 Å². The molecule has 21 heavy (non-hydrogen) atoms. The first-order chi connectivity index (χ1) is 9.77. The van der Waals surface area contributed by atoms with Crippen LogP contribution in [0.5, 0.6) is 0 Å². The summed E-state index contributed by atoms with van der Waals surface area (Å²) in [5, 5.41) is 0. The molecule has 1 aromatic heterocycles. The quantitative estimate of drug-likeness (QED) is 0.925. The molecule has 0 unspecified atom stereocenters. The third kappa shape index (κ3) is 3.98. The van der Waals surface area contributed by atoms with Crippen LogP contribution in [0.1, 0.15) is 45.2 Å². The maximum absolute atomic E-state index is 12.9. The van der Waals surface area contributed by atoms with Crippen LogP contribution in [0.15, 0.2) is 6.07 Å². The van der Waals surface area contributed by atoms with E-state index in [0.29, 0.717) is 12.5 Å². The number of nitrogens with two attached hydrogens (primary N) is 1. The van der Waals surface area contributed by atoms with Crippen molar-refractivity contribution in [3.63, 3.8) is 0 Å². The largest absolute Gasteiger partial charge is 0.433 e. The van der Waals surface area contributed by atoms with E-state index in [0.717, 1.165) is 31.7 Å². The van der Waals surface area contributed by atoms with Gasteiger partial charge in [-0.1, -0.05) is 26.7 Å². The van der Waals surface area contributed by atoms with Crippen molar-refractivity contribution in [2.75, 3.05) is 17.2 Å². The summed E-state index contributed by atoms with van der Waals surface area (Å²) in [6.45, 7) is 4.74. The van der Waals surface area contributed by atoms with Gasteiger partial charge in [-0.3, -0.25) is 0 Å². The van der Waals surface area contributed by atoms with Gasteiger partial charge in [-0.2, -0.15) is 18.2 Å². The summed E-state index contributed by atoms with van der Waals surface area (Å²) >= 11 is 0. The number of halogens is 3. The summed E-state index contributed by atoms with van der Waals surface area (Å²) in [7, 11) is 0. The van der Waals surface area contributed by atoms with Gasteiger partial charge in [0.2, 0.25) is 5.95 Å². The second kappa shape index (κ2) is 6.07. The van der Waals surface area contributed by atoms with Crippen LogP contribution >= 0.6 is 0 Å². The van der Waals surface area contributed by atoms with Crippen LogP contribution in [-0.4, -0.2) is 22.6 Å². The third-order valence-electron chi connectivity index (χ3n) is 3.64. The molecule has 1 aromatic rings. The predicted octanol–water partition coefficient (Wildman–Crippen LogP) is 3.48. The van der Waals surface area contributed by atoms with Crippen molar-refractivity contribution in [3.8, 4) is 0 Å². The lowest BCUT2D eigenvalue weighted by atomic mass is 10.1. The molecule has 2 N–H and O–H groups in total. The fourth-order valence-corrected chi connectivity index (χ4v) is 2.78. The number of aromatic nitrogens is 2. The number of hydrogen-bond donors (Lipinski definition) is 1. The average Bonchev–Trinajstić information content (AvgIpc) is 2.87. The van der Waals surface area contributed by atoms with E-state index in [1.165, 1.54) is 0 Å². The molecule has 0 radical (unpaired) electrons. The van der Waals surface area contributed by atoms with E-state index in [1.54, 1.807) is 0 Å². The van der Waals surface area contributed by atoms with E-state index >= 15 is 0 Å². The van der Waals surface area contributed by atoms with Crippen molar-refractivity contribution in [2.24, 2.45) is 5.92 Å². The lowest BCUT2D eigenvalue weighted by molar-refractivity contribution is -0.141. The Kier molecular flexibility index (Phi) is 4.58. The SMILES string of the molecule is CC(C)CN(c1cc(C(F)(F)F)nc(N)n1)C1CCCC1. The summed E-state index contributed by atoms with van der Waals surface area (Å²) in [5.41, 5.74) is 4.50. The Hall–Kier alpha value is -1.53. The van der Waals surface area contributed by atoms with Crippen LogP contribution in [0.3, 0.4) is 0 Å². The van der Waals surface area contributed by atoms with Gasteiger partial charge in [0.05, 0.1) is 0 Å². The minimum absolute atomic E-state index is 0.239. The topological polar surface area (TPSA) is 55.0 Å². The Bertz CT molecular complexity index is 482. The summed E-state index contributed by atoms with van der Waals surface area (Å²) in [6, 6.07) is 1.25. The Labute approximate surface area is 122 Å². The third-order valence-corrected chi connectivity index (χ3v) is 3.64. The van der Waals surface area contributed by atoms with Gasteiger partial charge in [-0.15, -0.1) is 0 Å². The zero-order chi connectivity index (χ0) is 15.6. The highest BCUT2D eigenvalue weighted by atomic mass is 19.4. The zero-order valence-corrected chi connectivity index (χ0v) is 12.3. The molecule has 1 saturated carbocycles. The molecule has 0 amide bonds. The van der Waals surface area contributed by atoms with Crippen molar-refractivity contribution in [2.45, 2.75) is 51.7 Å². The summed E-state index contributed by atoms with van der Waals surface area (Å²) in [5.74, 6) is 0.290. The Balaban J connectivity index is 2.36. The van der Waals surface area contributed by atoms with Crippen LogP contribution in [0.2, 0.25) is 0 Å². The van der Waals surface area contributed by atoms with Crippen LogP contribution < -0.4 is 10.6 Å². The molecule has 1 fully saturated rings. The van der Waals surface area contributed by atoms with Gasteiger partial charge < -0.3 is 10.6 Å². The molecule has 0 spiro atoms. The second-order valence-electron chi connectivity index (χ2n) is 5.95. The van der Waals surface area contributed by atoms with Gasteiger partial charge in [0.15, 0.2) is 5.69 Å². The van der Waals surface area contributed by atoms with Crippen LogP contribution in [-0.2, 0) is 6.18 Å². The highest BCUT2D eigenvalue weighted by molar-refractivity contribution is 5.45. The Morgan fingerprint density at radius 3 is 2.43 bits per heavy atom. The Morgan fingerprint density at radius 1 is 1.29 bits per heavy atom. The van der Waals surface area contributed by atoms with E-state index in [-0.39, 0.29) is 17.8 Å². The summed E-state index contributed by atoms with van der Waals surface area (Å²) in [6.07, 6.45) is -0.334. The minimum atomic E-state index is -4.51. The van der Waals surface area contributed by atoms with Crippen LogP contribution in [0, 0.1) is 5.92 Å². The number of rotatable bonds is 4. The van der Waals surface area contributed by atoms with Gasteiger partial charge in [-0.05, 0) is 18.8 Å². The van der Waals surface area contributed by atoms with E-state index in [9.17, 15) is 13.2 Å². The molecule has 0 atom stereocenters. The van der Waals surface area contributed by atoms with Gasteiger partial charge >= 0.3 is 6.18 Å². The molecule has 2 rings (SSSR count). The first kappa shape index (κ1) is 15.9. The molecule has 0 aromatic carbocycles. The lowest BCUT2D eigenvalue weighted by Gasteiger charge is -2.32. The molecule has 7 heteroatoms. The molecule has 0 bridgehead atoms. The first-order valence-electron chi connectivity index (χ1n) is 7.25. The van der Waals surface area contributed by atoms with Crippen LogP contribution in [0.4, 0.5) is 24.9 Å². The second-order valence-corrected chi connectivity index (χ2v) is 5.95. The molecule has 4 nitrogen and oxygen atoms in total. The average molecular weight is 302 g/mol. The van der Waals surface area contributed by atoms with Crippen molar-refractivity contribution in [1.29, 1.82) is 0 Å². The number of nitrogens with zero attached hydrogens (tertiary/aromatic N) is 3. The van der Waals surface area contributed by atoms with E-state index in [1.807, 2.05) is 18.7 Å². The fourth-order valence-electron chi connectivity index (χ4n) is 2.78. The molecule has 118 valence electrons. The molecule has 1 aliphatic rings. The van der Waals surface area contributed by atoms with Gasteiger partial charge in [-0.25, -0.2) is 4.98 Å². The normalized spacial score (nSPS) is 16.7.